The van der Waals surface area contributed by atoms with Crippen molar-refractivity contribution in [1.29, 1.82) is 0 Å². The lowest BCUT2D eigenvalue weighted by Gasteiger charge is -2.62. The van der Waals surface area contributed by atoms with Crippen molar-refractivity contribution in [3.05, 3.63) is 34.4 Å². The molecule has 2 fully saturated rings. The Bertz CT molecular complexity index is 766. The summed E-state index contributed by atoms with van der Waals surface area (Å²) in [6.07, 6.45) is 0. The van der Waals surface area contributed by atoms with Crippen LogP contribution < -0.4 is 10.5 Å². The maximum absolute atomic E-state index is 12.3. The van der Waals surface area contributed by atoms with Gasteiger partial charge in [-0.1, -0.05) is 0 Å². The minimum atomic E-state index is 0.0390. The van der Waals surface area contributed by atoms with E-state index in [2.05, 4.69) is 27.9 Å². The van der Waals surface area contributed by atoms with Crippen LogP contribution in [0.1, 0.15) is 5.82 Å². The Morgan fingerprint density at radius 2 is 2.00 bits per heavy atom. The van der Waals surface area contributed by atoms with Gasteiger partial charge in [0.2, 0.25) is 0 Å². The van der Waals surface area contributed by atoms with Gasteiger partial charge < -0.3 is 4.90 Å². The van der Waals surface area contributed by atoms with Crippen molar-refractivity contribution in [1.82, 2.24) is 14.5 Å². The van der Waals surface area contributed by atoms with Crippen molar-refractivity contribution in [2.24, 2.45) is 7.05 Å². The Labute approximate surface area is 117 Å². The molecule has 0 aliphatic carbocycles. The lowest BCUT2D eigenvalue weighted by atomic mass is 9.85. The first-order valence-electron chi connectivity index (χ1n) is 7.00. The number of nitrogens with zero attached hydrogens (tertiary/aromatic N) is 4. The molecule has 20 heavy (non-hydrogen) atoms. The molecular formula is C15H18N4O. The SMILES string of the molecule is Cc1nc2ccc(N3C[C@@H]4C3CN4C)cc2c(=O)n1C. The maximum atomic E-state index is 12.3. The number of benzene rings is 1. The van der Waals surface area contributed by atoms with Crippen molar-refractivity contribution >= 4 is 16.6 Å². The fourth-order valence-electron chi connectivity index (χ4n) is 3.32. The van der Waals surface area contributed by atoms with Crippen LogP contribution in [0.4, 0.5) is 5.69 Å². The smallest absolute Gasteiger partial charge is 0.261 e. The molecule has 1 aromatic heterocycles. The highest BCUT2D eigenvalue weighted by atomic mass is 16.1. The average molecular weight is 270 g/mol. The fraction of sp³-hybridized carbons (Fsp3) is 0.467. The van der Waals surface area contributed by atoms with Crippen molar-refractivity contribution < 1.29 is 0 Å². The quantitative estimate of drug-likeness (QED) is 0.766. The van der Waals surface area contributed by atoms with Crippen molar-refractivity contribution in [3.63, 3.8) is 0 Å². The molecule has 5 heteroatoms. The van der Waals surface area contributed by atoms with Crippen LogP contribution in [-0.4, -0.2) is 46.7 Å². The minimum absolute atomic E-state index is 0.0390. The van der Waals surface area contributed by atoms with Gasteiger partial charge >= 0.3 is 0 Å². The molecule has 1 aromatic carbocycles. The third-order valence-electron chi connectivity index (χ3n) is 4.88. The van der Waals surface area contributed by atoms with E-state index in [1.165, 1.54) is 0 Å². The minimum Gasteiger partial charge on any atom is -0.364 e. The second-order valence-corrected chi connectivity index (χ2v) is 5.95. The lowest BCUT2D eigenvalue weighted by Crippen LogP contribution is -2.78. The number of hydrogen-bond donors (Lipinski definition) is 0. The van der Waals surface area contributed by atoms with Crippen molar-refractivity contribution in [2.45, 2.75) is 19.0 Å². The van der Waals surface area contributed by atoms with E-state index in [-0.39, 0.29) is 5.56 Å². The molecule has 0 amide bonds. The number of hydrogen-bond acceptors (Lipinski definition) is 4. The standard InChI is InChI=1S/C15H18N4O/c1-9-16-12-5-4-10(6-11(12)15(20)18(9)3)19-8-13-14(19)7-17(13)2/h4-6,13-14H,7-8H2,1-3H3/t13-,14?/m1/s1. The summed E-state index contributed by atoms with van der Waals surface area (Å²) >= 11 is 0. The van der Waals surface area contributed by atoms with Gasteiger partial charge in [0.1, 0.15) is 5.82 Å². The molecule has 3 heterocycles. The molecule has 2 saturated heterocycles. The van der Waals surface area contributed by atoms with Crippen LogP contribution in [-0.2, 0) is 7.05 Å². The molecule has 2 aromatic rings. The molecule has 0 saturated carbocycles. The summed E-state index contributed by atoms with van der Waals surface area (Å²) in [4.78, 5) is 21.6. The summed E-state index contributed by atoms with van der Waals surface area (Å²) in [6.45, 7) is 4.04. The van der Waals surface area contributed by atoms with Crippen LogP contribution in [0.2, 0.25) is 0 Å². The second kappa shape index (κ2) is 3.82. The van der Waals surface area contributed by atoms with Crippen molar-refractivity contribution in [3.8, 4) is 0 Å². The molecule has 2 atom stereocenters. The lowest BCUT2D eigenvalue weighted by molar-refractivity contribution is 0.0369. The Kier molecular flexibility index (Phi) is 2.27. The molecule has 0 N–H and O–H groups in total. The number of anilines is 1. The predicted molar refractivity (Wildman–Crippen MR) is 79.3 cm³/mol. The molecule has 0 radical (unpaired) electrons. The van der Waals surface area contributed by atoms with Gasteiger partial charge in [0.05, 0.1) is 16.9 Å². The molecule has 0 spiro atoms. The zero-order chi connectivity index (χ0) is 14.0. The predicted octanol–water partition coefficient (Wildman–Crippen LogP) is 0.745. The summed E-state index contributed by atoms with van der Waals surface area (Å²) in [6, 6.07) is 7.38. The Morgan fingerprint density at radius 3 is 2.65 bits per heavy atom. The summed E-state index contributed by atoms with van der Waals surface area (Å²) in [7, 11) is 3.94. The highest BCUT2D eigenvalue weighted by molar-refractivity contribution is 5.82. The third-order valence-corrected chi connectivity index (χ3v) is 4.88. The first kappa shape index (κ1) is 11.9. The van der Waals surface area contributed by atoms with Gasteiger partial charge in [0.25, 0.3) is 5.56 Å². The van der Waals surface area contributed by atoms with Crippen LogP contribution in [0.5, 0.6) is 0 Å². The molecule has 0 bridgehead atoms. The highest BCUT2D eigenvalue weighted by Gasteiger charge is 2.49. The molecule has 104 valence electrons. The monoisotopic (exact) mass is 270 g/mol. The molecule has 5 nitrogen and oxygen atoms in total. The van der Waals surface area contributed by atoms with Gasteiger partial charge in [-0.25, -0.2) is 4.98 Å². The third kappa shape index (κ3) is 1.41. The van der Waals surface area contributed by atoms with E-state index in [1.54, 1.807) is 11.6 Å². The Hall–Kier alpha value is -1.88. The largest absolute Gasteiger partial charge is 0.364 e. The number of likely N-dealkylation sites (N-methyl/N-ethyl adjacent to an activating group) is 1. The van der Waals surface area contributed by atoms with E-state index in [0.29, 0.717) is 17.5 Å². The zero-order valence-electron chi connectivity index (χ0n) is 12.0. The summed E-state index contributed by atoms with van der Waals surface area (Å²) in [5.74, 6) is 0.750. The normalized spacial score (nSPS) is 25.2. The first-order chi connectivity index (χ1) is 9.56. The first-order valence-corrected chi connectivity index (χ1v) is 7.00. The average Bonchev–Trinajstić information content (AvgIpc) is 2.42. The number of piperazine rings is 1. The molecule has 2 aliphatic rings. The molecule has 4 rings (SSSR count). The van der Waals surface area contributed by atoms with Gasteiger partial charge in [-0.2, -0.15) is 0 Å². The van der Waals surface area contributed by atoms with E-state index < -0.39 is 0 Å². The second-order valence-electron chi connectivity index (χ2n) is 5.95. The van der Waals surface area contributed by atoms with Gasteiger partial charge in [0.15, 0.2) is 0 Å². The summed E-state index contributed by atoms with van der Waals surface area (Å²) in [5.41, 5.74) is 1.98. The van der Waals surface area contributed by atoms with E-state index >= 15 is 0 Å². The van der Waals surface area contributed by atoms with E-state index in [0.717, 1.165) is 30.1 Å². The van der Waals surface area contributed by atoms with Crippen LogP contribution in [0.25, 0.3) is 10.9 Å². The van der Waals surface area contributed by atoms with Gasteiger partial charge in [-0.15, -0.1) is 0 Å². The van der Waals surface area contributed by atoms with Gasteiger partial charge in [0, 0.05) is 31.9 Å². The molecule has 1 unspecified atom stereocenters. The molecular weight excluding hydrogens is 252 g/mol. The van der Waals surface area contributed by atoms with Crippen molar-refractivity contribution in [2.75, 3.05) is 25.0 Å². The zero-order valence-corrected chi connectivity index (χ0v) is 12.0. The maximum Gasteiger partial charge on any atom is 0.261 e. The van der Waals surface area contributed by atoms with Crippen LogP contribution >= 0.6 is 0 Å². The Morgan fingerprint density at radius 1 is 1.20 bits per heavy atom. The number of fused-ring (bicyclic) bond motifs is 2. The Balaban J connectivity index is 1.78. The summed E-state index contributed by atoms with van der Waals surface area (Å²) < 4.78 is 1.61. The van der Waals surface area contributed by atoms with E-state index in [9.17, 15) is 4.79 Å². The van der Waals surface area contributed by atoms with Crippen LogP contribution in [0.15, 0.2) is 23.0 Å². The molecule has 2 aliphatic heterocycles. The topological polar surface area (TPSA) is 41.4 Å². The number of rotatable bonds is 1. The highest BCUT2D eigenvalue weighted by Crippen LogP contribution is 2.36. The van der Waals surface area contributed by atoms with Gasteiger partial charge in [-0.05, 0) is 32.2 Å². The number of aryl methyl sites for hydroxylation is 1. The number of likely N-dealkylation sites (tertiary alicyclic amines) is 1. The van der Waals surface area contributed by atoms with E-state index in [4.69, 9.17) is 0 Å². The fourth-order valence-corrected chi connectivity index (χ4v) is 3.32. The van der Waals surface area contributed by atoms with Crippen LogP contribution in [0, 0.1) is 6.92 Å². The number of aromatic nitrogens is 2. The van der Waals surface area contributed by atoms with Crippen LogP contribution in [0.3, 0.4) is 0 Å². The van der Waals surface area contributed by atoms with Gasteiger partial charge in [-0.3, -0.25) is 14.3 Å². The van der Waals surface area contributed by atoms with E-state index in [1.807, 2.05) is 19.1 Å². The summed E-state index contributed by atoms with van der Waals surface area (Å²) in [5, 5.41) is 0.715.